The zero-order chi connectivity index (χ0) is 13.8. The molecule has 0 aliphatic carbocycles. The van der Waals surface area contributed by atoms with Crippen LogP contribution in [-0.4, -0.2) is 44.6 Å². The van der Waals surface area contributed by atoms with Gasteiger partial charge in [-0.3, -0.25) is 4.90 Å². The van der Waals surface area contributed by atoms with Crippen LogP contribution in [-0.2, 0) is 0 Å². The molecule has 0 radical (unpaired) electrons. The van der Waals surface area contributed by atoms with Crippen LogP contribution in [0.5, 0.6) is 5.75 Å². The minimum atomic E-state index is -2.64. The van der Waals surface area contributed by atoms with Crippen LogP contribution in [0.2, 0.25) is 0 Å². The third-order valence-electron chi connectivity index (χ3n) is 3.32. The highest BCUT2D eigenvalue weighted by molar-refractivity contribution is 5.85. The molecule has 3 nitrogen and oxygen atoms in total. The van der Waals surface area contributed by atoms with Crippen LogP contribution in [0.1, 0.15) is 11.6 Å². The summed E-state index contributed by atoms with van der Waals surface area (Å²) in [6.45, 7) is 2.22. The average Bonchev–Trinajstić information content (AvgIpc) is 2.42. The van der Waals surface area contributed by atoms with E-state index in [1.165, 1.54) is 25.3 Å². The van der Waals surface area contributed by atoms with Crippen LogP contribution in [0.25, 0.3) is 0 Å². The van der Waals surface area contributed by atoms with Crippen molar-refractivity contribution in [2.75, 3.05) is 33.3 Å². The number of rotatable bonds is 4. The van der Waals surface area contributed by atoms with Crippen molar-refractivity contribution in [2.45, 2.75) is 12.5 Å². The number of piperazine rings is 1. The van der Waals surface area contributed by atoms with E-state index < -0.39 is 18.3 Å². The average molecular weight is 347 g/mol. The first-order valence-electron chi connectivity index (χ1n) is 6.20. The number of alkyl halides is 2. The van der Waals surface area contributed by atoms with E-state index >= 15 is 0 Å². The Balaban J connectivity index is 0.00000200. The van der Waals surface area contributed by atoms with Gasteiger partial charge in [-0.05, 0) is 6.07 Å². The van der Waals surface area contributed by atoms with Gasteiger partial charge in [-0.25, -0.2) is 13.2 Å². The van der Waals surface area contributed by atoms with Crippen LogP contribution in [0, 0.1) is 5.82 Å². The fourth-order valence-electron chi connectivity index (χ4n) is 2.37. The van der Waals surface area contributed by atoms with Crippen LogP contribution in [0.4, 0.5) is 13.2 Å². The Bertz CT molecular complexity index is 432. The summed E-state index contributed by atoms with van der Waals surface area (Å²) in [6, 6.07) is 3.14. The molecule has 1 aromatic carbocycles. The highest BCUT2D eigenvalue weighted by atomic mass is 35.5. The molecule has 2 rings (SSSR count). The lowest BCUT2D eigenvalue weighted by Crippen LogP contribution is -2.47. The molecule has 0 spiro atoms. The molecule has 1 aromatic rings. The molecule has 1 aliphatic rings. The van der Waals surface area contributed by atoms with E-state index in [9.17, 15) is 13.2 Å². The van der Waals surface area contributed by atoms with Crippen molar-refractivity contribution in [3.05, 3.63) is 29.6 Å². The van der Waals surface area contributed by atoms with E-state index in [0.29, 0.717) is 26.2 Å². The predicted octanol–water partition coefficient (Wildman–Crippen LogP) is 2.89. The largest absolute Gasteiger partial charge is 0.494 e. The summed E-state index contributed by atoms with van der Waals surface area (Å²) >= 11 is 0. The number of hydrogen-bond donors (Lipinski definition) is 1. The van der Waals surface area contributed by atoms with Gasteiger partial charge in [-0.15, -0.1) is 24.8 Å². The molecule has 0 unspecified atom stereocenters. The van der Waals surface area contributed by atoms with Gasteiger partial charge in [-0.2, -0.15) is 0 Å². The maximum absolute atomic E-state index is 14.1. The van der Waals surface area contributed by atoms with Gasteiger partial charge in [0.15, 0.2) is 11.6 Å². The van der Waals surface area contributed by atoms with Crippen molar-refractivity contribution in [3.63, 3.8) is 0 Å². The molecule has 1 fully saturated rings. The fourth-order valence-corrected chi connectivity index (χ4v) is 2.37. The topological polar surface area (TPSA) is 24.5 Å². The molecule has 8 heteroatoms. The molecule has 1 saturated heterocycles. The van der Waals surface area contributed by atoms with E-state index in [0.717, 1.165) is 0 Å². The molecule has 0 aromatic heterocycles. The molecule has 1 N–H and O–H groups in total. The van der Waals surface area contributed by atoms with Gasteiger partial charge in [0.25, 0.3) is 6.43 Å². The third-order valence-corrected chi connectivity index (χ3v) is 3.32. The second-order valence-electron chi connectivity index (χ2n) is 4.43. The van der Waals surface area contributed by atoms with Crippen LogP contribution < -0.4 is 10.1 Å². The number of benzene rings is 1. The van der Waals surface area contributed by atoms with Crippen LogP contribution >= 0.6 is 24.8 Å². The number of halogens is 5. The van der Waals surface area contributed by atoms with Gasteiger partial charge in [0.2, 0.25) is 0 Å². The van der Waals surface area contributed by atoms with Gasteiger partial charge in [0.1, 0.15) is 0 Å². The van der Waals surface area contributed by atoms with E-state index in [4.69, 9.17) is 4.74 Å². The molecule has 1 heterocycles. The zero-order valence-corrected chi connectivity index (χ0v) is 13.2. The van der Waals surface area contributed by atoms with E-state index in [-0.39, 0.29) is 36.1 Å². The fraction of sp³-hybridized carbons (Fsp3) is 0.538. The van der Waals surface area contributed by atoms with E-state index in [2.05, 4.69) is 5.32 Å². The molecule has 122 valence electrons. The minimum absolute atomic E-state index is 0. The molecule has 1 atom stereocenters. The maximum Gasteiger partial charge on any atom is 0.258 e. The van der Waals surface area contributed by atoms with Gasteiger partial charge in [0.05, 0.1) is 13.2 Å². The van der Waals surface area contributed by atoms with Gasteiger partial charge in [-0.1, -0.05) is 12.1 Å². The summed E-state index contributed by atoms with van der Waals surface area (Å²) in [5.41, 5.74) is -0.00347. The van der Waals surface area contributed by atoms with Crippen LogP contribution in [0.15, 0.2) is 18.2 Å². The number of ether oxygens (including phenoxy) is 1. The van der Waals surface area contributed by atoms with Gasteiger partial charge >= 0.3 is 0 Å². The molecule has 0 bridgehead atoms. The number of hydrogen-bond acceptors (Lipinski definition) is 3. The Kier molecular flexibility index (Phi) is 9.04. The molecule has 0 amide bonds. The first-order chi connectivity index (χ1) is 9.15. The highest BCUT2D eigenvalue weighted by Crippen LogP contribution is 2.33. The summed E-state index contributed by atoms with van der Waals surface area (Å²) < 4.78 is 45.6. The Morgan fingerprint density at radius 1 is 1.19 bits per heavy atom. The van der Waals surface area contributed by atoms with Crippen molar-refractivity contribution in [2.24, 2.45) is 0 Å². The third kappa shape index (κ3) is 4.64. The van der Waals surface area contributed by atoms with Crippen molar-refractivity contribution in [3.8, 4) is 5.75 Å². The zero-order valence-electron chi connectivity index (χ0n) is 11.5. The van der Waals surface area contributed by atoms with Gasteiger partial charge < -0.3 is 10.1 Å². The molecular formula is C13H19Cl2F3N2O. The van der Waals surface area contributed by atoms with E-state index in [1.807, 2.05) is 0 Å². The number of nitrogens with zero attached hydrogens (tertiary/aromatic N) is 1. The second-order valence-corrected chi connectivity index (χ2v) is 4.43. The molecule has 0 saturated carbocycles. The SMILES string of the molecule is COc1cccc([C@@H](C(F)F)N2CCNCC2)c1F.Cl.Cl. The van der Waals surface area contributed by atoms with Crippen molar-refractivity contribution >= 4 is 24.8 Å². The smallest absolute Gasteiger partial charge is 0.258 e. The monoisotopic (exact) mass is 346 g/mol. The normalized spacial score (nSPS) is 16.8. The lowest BCUT2D eigenvalue weighted by Gasteiger charge is -2.34. The second kappa shape index (κ2) is 9.35. The predicted molar refractivity (Wildman–Crippen MR) is 80.6 cm³/mol. The standard InChI is InChI=1S/C13H17F3N2O.2ClH/c1-19-10-4-2-3-9(11(10)14)12(13(15)16)18-7-5-17-6-8-18;;/h2-4,12-13,17H,5-8H2,1H3;2*1H/t12-;;/m0../s1. The highest BCUT2D eigenvalue weighted by Gasteiger charge is 2.32. The Hall–Kier alpha value is -0.690. The maximum atomic E-state index is 14.1. The summed E-state index contributed by atoms with van der Waals surface area (Å²) in [5, 5.41) is 3.09. The summed E-state index contributed by atoms with van der Waals surface area (Å²) in [5.74, 6) is -0.702. The number of methoxy groups -OCH3 is 1. The quantitative estimate of drug-likeness (QED) is 0.907. The van der Waals surface area contributed by atoms with Crippen molar-refractivity contribution in [1.29, 1.82) is 0 Å². The van der Waals surface area contributed by atoms with Crippen LogP contribution in [0.3, 0.4) is 0 Å². The lowest BCUT2D eigenvalue weighted by atomic mass is 10.0. The van der Waals surface area contributed by atoms with E-state index in [1.54, 1.807) is 4.90 Å². The number of nitrogens with one attached hydrogen (secondary N) is 1. The van der Waals surface area contributed by atoms with Crippen molar-refractivity contribution < 1.29 is 17.9 Å². The Morgan fingerprint density at radius 2 is 1.81 bits per heavy atom. The Morgan fingerprint density at radius 3 is 2.33 bits per heavy atom. The molecule has 21 heavy (non-hydrogen) atoms. The Labute approximate surface area is 134 Å². The lowest BCUT2D eigenvalue weighted by molar-refractivity contribution is 0.0162. The first-order valence-corrected chi connectivity index (χ1v) is 6.20. The molecular weight excluding hydrogens is 328 g/mol. The van der Waals surface area contributed by atoms with Gasteiger partial charge in [0, 0.05) is 31.7 Å². The first kappa shape index (κ1) is 20.3. The van der Waals surface area contributed by atoms with Crippen molar-refractivity contribution in [1.82, 2.24) is 10.2 Å². The molecule has 1 aliphatic heterocycles. The summed E-state index contributed by atoms with van der Waals surface area (Å²) in [6.07, 6.45) is -2.64. The minimum Gasteiger partial charge on any atom is -0.494 e. The summed E-state index contributed by atoms with van der Waals surface area (Å²) in [4.78, 5) is 1.61. The summed E-state index contributed by atoms with van der Waals surface area (Å²) in [7, 11) is 1.32.